The Hall–Kier alpha value is -2.77. The van der Waals surface area contributed by atoms with Crippen LogP contribution in [0.1, 0.15) is 25.8 Å². The molecule has 0 aliphatic rings. The Morgan fingerprint density at radius 3 is 2.50 bits per heavy atom. The Morgan fingerprint density at radius 2 is 1.95 bits per heavy atom. The summed E-state index contributed by atoms with van der Waals surface area (Å²) < 4.78 is 4.86. The number of nitrogens with zero attached hydrogens (tertiary/aromatic N) is 2. The van der Waals surface area contributed by atoms with Crippen LogP contribution >= 0.6 is 0 Å². The third-order valence-electron chi connectivity index (χ3n) is 2.88. The lowest BCUT2D eigenvalue weighted by atomic mass is 10.0. The minimum Gasteiger partial charge on any atom is -0.463 e. The van der Waals surface area contributed by atoms with Crippen molar-refractivity contribution in [2.75, 3.05) is 6.61 Å². The SMILES string of the molecule is CCOC(=O)/C(=C/c1ccccc1[N+](=O)[O-])CC(C)[N+](=O)[O-]. The van der Waals surface area contributed by atoms with E-state index in [2.05, 4.69) is 0 Å². The zero-order valence-electron chi connectivity index (χ0n) is 12.2. The molecule has 0 aliphatic carbocycles. The fraction of sp³-hybridized carbons (Fsp3) is 0.357. The van der Waals surface area contributed by atoms with E-state index >= 15 is 0 Å². The molecule has 0 N–H and O–H groups in total. The van der Waals surface area contributed by atoms with Crippen LogP contribution in [0.3, 0.4) is 0 Å². The molecule has 0 saturated carbocycles. The van der Waals surface area contributed by atoms with Crippen molar-refractivity contribution in [3.8, 4) is 0 Å². The van der Waals surface area contributed by atoms with Gasteiger partial charge in [-0.3, -0.25) is 20.2 Å². The van der Waals surface area contributed by atoms with E-state index in [9.17, 15) is 25.0 Å². The van der Waals surface area contributed by atoms with Gasteiger partial charge < -0.3 is 4.74 Å². The van der Waals surface area contributed by atoms with Crippen molar-refractivity contribution >= 4 is 17.7 Å². The first-order valence-electron chi connectivity index (χ1n) is 6.61. The van der Waals surface area contributed by atoms with Crippen LogP contribution in [0.4, 0.5) is 5.69 Å². The number of carbonyl (C=O) groups is 1. The number of nitro groups is 2. The number of hydrogen-bond donors (Lipinski definition) is 0. The smallest absolute Gasteiger partial charge is 0.334 e. The lowest BCUT2D eigenvalue weighted by molar-refractivity contribution is -0.517. The number of nitro benzene ring substituents is 1. The van der Waals surface area contributed by atoms with E-state index in [1.54, 1.807) is 13.0 Å². The van der Waals surface area contributed by atoms with Gasteiger partial charge in [0.15, 0.2) is 0 Å². The molecule has 1 aromatic rings. The van der Waals surface area contributed by atoms with E-state index in [0.29, 0.717) is 0 Å². The molecule has 0 aliphatic heterocycles. The molecule has 22 heavy (non-hydrogen) atoms. The summed E-state index contributed by atoms with van der Waals surface area (Å²) in [5, 5.41) is 21.7. The molecular formula is C14H16N2O6. The van der Waals surface area contributed by atoms with Crippen molar-refractivity contribution in [1.82, 2.24) is 0 Å². The molecule has 1 aromatic carbocycles. The Labute approximate surface area is 126 Å². The monoisotopic (exact) mass is 308 g/mol. The summed E-state index contributed by atoms with van der Waals surface area (Å²) >= 11 is 0. The second-order valence-electron chi connectivity index (χ2n) is 4.54. The van der Waals surface area contributed by atoms with Crippen LogP contribution in [-0.2, 0) is 9.53 Å². The molecule has 0 aromatic heterocycles. The van der Waals surface area contributed by atoms with Gasteiger partial charge in [0.2, 0.25) is 6.04 Å². The molecule has 1 rings (SSSR count). The van der Waals surface area contributed by atoms with Crippen molar-refractivity contribution in [3.63, 3.8) is 0 Å². The lowest BCUT2D eigenvalue weighted by Crippen LogP contribution is -2.19. The predicted molar refractivity (Wildman–Crippen MR) is 78.8 cm³/mol. The highest BCUT2D eigenvalue weighted by Gasteiger charge is 2.22. The van der Waals surface area contributed by atoms with Gasteiger partial charge in [0, 0.05) is 29.9 Å². The van der Waals surface area contributed by atoms with Crippen LogP contribution in [-0.4, -0.2) is 28.5 Å². The molecule has 8 heteroatoms. The number of para-hydroxylation sites is 1. The van der Waals surface area contributed by atoms with Gasteiger partial charge in [-0.05, 0) is 19.1 Å². The molecule has 118 valence electrons. The van der Waals surface area contributed by atoms with Gasteiger partial charge in [0.1, 0.15) is 0 Å². The van der Waals surface area contributed by atoms with Crippen LogP contribution in [0.25, 0.3) is 6.08 Å². The van der Waals surface area contributed by atoms with Crippen molar-refractivity contribution in [1.29, 1.82) is 0 Å². The summed E-state index contributed by atoms with van der Waals surface area (Å²) in [5.74, 6) is -0.714. The molecule has 1 unspecified atom stereocenters. The quantitative estimate of drug-likeness (QED) is 0.331. The van der Waals surface area contributed by atoms with Gasteiger partial charge in [0.25, 0.3) is 5.69 Å². The van der Waals surface area contributed by atoms with Gasteiger partial charge in [-0.25, -0.2) is 4.79 Å². The minimum absolute atomic E-state index is 0.0281. The van der Waals surface area contributed by atoms with E-state index in [4.69, 9.17) is 4.74 Å². The zero-order valence-corrected chi connectivity index (χ0v) is 12.2. The van der Waals surface area contributed by atoms with Crippen LogP contribution in [0, 0.1) is 20.2 Å². The number of hydrogen-bond acceptors (Lipinski definition) is 6. The van der Waals surface area contributed by atoms with Crippen LogP contribution in [0.15, 0.2) is 29.8 Å². The summed E-state index contributed by atoms with van der Waals surface area (Å²) in [7, 11) is 0. The Kier molecular flexibility index (Phi) is 6.18. The normalized spacial score (nSPS) is 12.5. The highest BCUT2D eigenvalue weighted by molar-refractivity contribution is 5.94. The number of ether oxygens (including phenoxy) is 1. The van der Waals surface area contributed by atoms with Crippen molar-refractivity contribution in [3.05, 3.63) is 55.6 Å². The van der Waals surface area contributed by atoms with Crippen LogP contribution in [0.2, 0.25) is 0 Å². The topological polar surface area (TPSA) is 113 Å². The minimum atomic E-state index is -1.00. The summed E-state index contributed by atoms with van der Waals surface area (Å²) in [6, 6.07) is 4.84. The first-order valence-corrected chi connectivity index (χ1v) is 6.61. The number of benzene rings is 1. The second kappa shape index (κ2) is 7.87. The van der Waals surface area contributed by atoms with Gasteiger partial charge >= 0.3 is 5.97 Å². The van der Waals surface area contributed by atoms with E-state index in [1.165, 1.54) is 31.2 Å². The first-order chi connectivity index (χ1) is 10.4. The number of rotatable bonds is 7. The molecule has 0 saturated heterocycles. The maximum atomic E-state index is 11.9. The number of esters is 1. The van der Waals surface area contributed by atoms with Crippen molar-refractivity contribution < 1.29 is 19.4 Å². The molecule has 1 atom stereocenters. The standard InChI is InChI=1S/C14H16N2O6/c1-3-22-14(17)12(8-10(2)15(18)19)9-11-6-4-5-7-13(11)16(20)21/h4-7,9-10H,3,8H2,1-2H3/b12-9+. The fourth-order valence-corrected chi connectivity index (χ4v) is 1.78. The van der Waals surface area contributed by atoms with Crippen LogP contribution in [0.5, 0.6) is 0 Å². The lowest BCUT2D eigenvalue weighted by Gasteiger charge is -2.08. The van der Waals surface area contributed by atoms with Gasteiger partial charge in [-0.1, -0.05) is 12.1 Å². The zero-order chi connectivity index (χ0) is 16.7. The molecule has 0 heterocycles. The van der Waals surface area contributed by atoms with Gasteiger partial charge in [-0.15, -0.1) is 0 Å². The Bertz CT molecular complexity index is 611. The molecule has 0 amide bonds. The van der Waals surface area contributed by atoms with Gasteiger partial charge in [0.05, 0.1) is 17.1 Å². The Balaban J connectivity index is 3.23. The number of carbonyl (C=O) groups excluding carboxylic acids is 1. The maximum absolute atomic E-state index is 11.9. The highest BCUT2D eigenvalue weighted by atomic mass is 16.6. The fourth-order valence-electron chi connectivity index (χ4n) is 1.78. The van der Waals surface area contributed by atoms with Crippen molar-refractivity contribution in [2.45, 2.75) is 26.3 Å². The predicted octanol–water partition coefficient (Wildman–Crippen LogP) is 2.60. The second-order valence-corrected chi connectivity index (χ2v) is 4.54. The summed E-state index contributed by atoms with van der Waals surface area (Å²) in [4.78, 5) is 32.5. The average Bonchev–Trinajstić information content (AvgIpc) is 2.46. The van der Waals surface area contributed by atoms with Crippen LogP contribution < -0.4 is 0 Å². The third-order valence-corrected chi connectivity index (χ3v) is 2.88. The largest absolute Gasteiger partial charge is 0.463 e. The van der Waals surface area contributed by atoms with E-state index in [1.807, 2.05) is 0 Å². The summed E-state index contributed by atoms with van der Waals surface area (Å²) in [6.07, 6.45) is 1.11. The third kappa shape index (κ3) is 4.65. The molecule has 8 nitrogen and oxygen atoms in total. The first kappa shape index (κ1) is 17.3. The molecule has 0 fully saturated rings. The average molecular weight is 308 g/mol. The summed E-state index contributed by atoms with van der Waals surface area (Å²) in [6.45, 7) is 3.07. The Morgan fingerprint density at radius 1 is 1.32 bits per heavy atom. The van der Waals surface area contributed by atoms with Crippen molar-refractivity contribution in [2.24, 2.45) is 0 Å². The maximum Gasteiger partial charge on any atom is 0.334 e. The highest BCUT2D eigenvalue weighted by Crippen LogP contribution is 2.23. The summed E-state index contributed by atoms with van der Waals surface area (Å²) in [5.41, 5.74) is 0.0458. The molecule has 0 bridgehead atoms. The molecule has 0 spiro atoms. The molecule has 0 radical (unpaired) electrons. The van der Waals surface area contributed by atoms with E-state index < -0.39 is 21.9 Å². The van der Waals surface area contributed by atoms with Gasteiger partial charge in [-0.2, -0.15) is 0 Å². The molecular weight excluding hydrogens is 292 g/mol. The van der Waals surface area contributed by atoms with E-state index in [-0.39, 0.29) is 29.9 Å². The van der Waals surface area contributed by atoms with E-state index in [0.717, 1.165) is 0 Å².